The van der Waals surface area contributed by atoms with Gasteiger partial charge in [0, 0.05) is 30.7 Å². The fourth-order valence-corrected chi connectivity index (χ4v) is 3.89. The molecular formula is C25H22FN3O2. The van der Waals surface area contributed by atoms with Crippen molar-refractivity contribution in [3.63, 3.8) is 0 Å². The number of nitrogens with zero attached hydrogens (tertiary/aromatic N) is 2. The molecule has 2 amide bonds. The van der Waals surface area contributed by atoms with Gasteiger partial charge in [-0.15, -0.1) is 0 Å². The fraction of sp³-hybridized carbons (Fsp3) is 0.120. The van der Waals surface area contributed by atoms with Crippen molar-refractivity contribution in [2.75, 3.05) is 7.05 Å². The summed E-state index contributed by atoms with van der Waals surface area (Å²) < 4.78 is 15.7. The minimum absolute atomic E-state index is 0.330. The van der Waals surface area contributed by atoms with Crippen LogP contribution in [0.15, 0.2) is 85.1 Å². The van der Waals surface area contributed by atoms with Crippen LogP contribution < -0.4 is 5.73 Å². The highest BCUT2D eigenvalue weighted by Crippen LogP contribution is 2.27. The molecule has 1 aromatic heterocycles. The second-order valence-electron chi connectivity index (χ2n) is 7.45. The summed E-state index contributed by atoms with van der Waals surface area (Å²) >= 11 is 0. The molecule has 6 heteroatoms. The number of amides is 2. The molecule has 0 bridgehead atoms. The maximum Gasteiger partial charge on any atom is 0.256 e. The molecule has 2 N–H and O–H groups in total. The molecule has 0 saturated heterocycles. The molecule has 0 radical (unpaired) electrons. The quantitative estimate of drug-likeness (QED) is 0.515. The van der Waals surface area contributed by atoms with Crippen molar-refractivity contribution in [1.82, 2.24) is 9.47 Å². The second-order valence-corrected chi connectivity index (χ2v) is 7.45. The number of carbonyl (C=O) groups excluding carboxylic acids is 2. The molecule has 0 aliphatic carbocycles. The molecule has 0 aliphatic rings. The average molecular weight is 415 g/mol. The summed E-state index contributed by atoms with van der Waals surface area (Å²) in [6.45, 7) is 0.599. The Bertz CT molecular complexity index is 1250. The van der Waals surface area contributed by atoms with E-state index in [0.29, 0.717) is 17.7 Å². The zero-order valence-corrected chi connectivity index (χ0v) is 17.0. The van der Waals surface area contributed by atoms with Gasteiger partial charge < -0.3 is 15.2 Å². The maximum absolute atomic E-state index is 13.7. The number of nitrogens with two attached hydrogens (primary N) is 1. The first-order chi connectivity index (χ1) is 15.0. The number of aromatic nitrogens is 1. The number of para-hydroxylation sites is 1. The van der Waals surface area contributed by atoms with Crippen LogP contribution in [0.25, 0.3) is 10.9 Å². The van der Waals surface area contributed by atoms with E-state index in [1.807, 2.05) is 59.2 Å². The highest BCUT2D eigenvalue weighted by Gasteiger charge is 2.29. The topological polar surface area (TPSA) is 68.3 Å². The van der Waals surface area contributed by atoms with Crippen molar-refractivity contribution < 1.29 is 14.0 Å². The van der Waals surface area contributed by atoms with Crippen LogP contribution in [0, 0.1) is 5.82 Å². The van der Waals surface area contributed by atoms with Gasteiger partial charge in [0.1, 0.15) is 11.9 Å². The Labute approximate surface area is 179 Å². The van der Waals surface area contributed by atoms with E-state index in [9.17, 15) is 14.0 Å². The van der Waals surface area contributed by atoms with Gasteiger partial charge in [-0.25, -0.2) is 4.39 Å². The first kappa shape index (κ1) is 20.3. The first-order valence-corrected chi connectivity index (χ1v) is 9.89. The molecule has 1 heterocycles. The Kier molecular flexibility index (Phi) is 5.54. The van der Waals surface area contributed by atoms with Gasteiger partial charge in [0.2, 0.25) is 5.91 Å². The van der Waals surface area contributed by atoms with Crippen LogP contribution in [0.4, 0.5) is 4.39 Å². The van der Waals surface area contributed by atoms with Crippen molar-refractivity contribution >= 4 is 22.7 Å². The molecule has 156 valence electrons. The molecule has 0 fully saturated rings. The van der Waals surface area contributed by atoms with Crippen molar-refractivity contribution in [2.45, 2.75) is 12.6 Å². The van der Waals surface area contributed by atoms with E-state index < -0.39 is 17.8 Å². The van der Waals surface area contributed by atoms with Crippen LogP contribution in [0.3, 0.4) is 0 Å². The molecule has 3 aromatic carbocycles. The number of hydrogen-bond acceptors (Lipinski definition) is 2. The van der Waals surface area contributed by atoms with E-state index in [0.717, 1.165) is 16.5 Å². The van der Waals surface area contributed by atoms with Crippen LogP contribution in [-0.4, -0.2) is 28.3 Å². The highest BCUT2D eigenvalue weighted by atomic mass is 19.1. The van der Waals surface area contributed by atoms with Crippen molar-refractivity contribution in [3.05, 3.63) is 108 Å². The lowest BCUT2D eigenvalue weighted by Gasteiger charge is -2.26. The summed E-state index contributed by atoms with van der Waals surface area (Å²) in [5.74, 6) is -1.59. The Morgan fingerprint density at radius 2 is 1.71 bits per heavy atom. The normalized spacial score (nSPS) is 11.9. The molecular weight excluding hydrogens is 393 g/mol. The Morgan fingerprint density at radius 1 is 1.00 bits per heavy atom. The highest BCUT2D eigenvalue weighted by molar-refractivity contribution is 6.08. The minimum atomic E-state index is -1.08. The number of hydrogen-bond donors (Lipinski definition) is 1. The molecule has 31 heavy (non-hydrogen) atoms. The summed E-state index contributed by atoms with van der Waals surface area (Å²) in [5.41, 5.74) is 8.39. The molecule has 1 unspecified atom stereocenters. The summed E-state index contributed by atoms with van der Waals surface area (Å²) in [7, 11) is 1.51. The third kappa shape index (κ3) is 4.05. The van der Waals surface area contributed by atoms with Crippen molar-refractivity contribution in [3.8, 4) is 0 Å². The van der Waals surface area contributed by atoms with E-state index in [1.54, 1.807) is 12.3 Å². The van der Waals surface area contributed by atoms with Gasteiger partial charge in [-0.05, 0) is 29.3 Å². The van der Waals surface area contributed by atoms with Crippen LogP contribution >= 0.6 is 0 Å². The lowest BCUT2D eigenvalue weighted by molar-refractivity contribution is -0.122. The Morgan fingerprint density at radius 3 is 2.42 bits per heavy atom. The van der Waals surface area contributed by atoms with Crippen LogP contribution in [0.5, 0.6) is 0 Å². The zero-order chi connectivity index (χ0) is 22.0. The molecule has 4 rings (SSSR count). The summed E-state index contributed by atoms with van der Waals surface area (Å²) in [5, 5.41) is 0.776. The van der Waals surface area contributed by atoms with E-state index >= 15 is 0 Å². The standard InChI is InChI=1S/C25H22FN3O2/c1-28(23(24(27)30)18-10-7-11-19(26)14-18)25(31)21-16-29(15-17-8-3-2-4-9-17)22-13-6-5-12-20(21)22/h2-14,16,23H,15H2,1H3,(H2,27,30). The predicted octanol–water partition coefficient (Wildman–Crippen LogP) is 4.13. The Hall–Kier alpha value is -3.93. The SMILES string of the molecule is CN(C(=O)c1cn(Cc2ccccc2)c2ccccc12)C(C(N)=O)c1cccc(F)c1. The third-order valence-corrected chi connectivity index (χ3v) is 5.36. The number of rotatable bonds is 6. The largest absolute Gasteiger partial charge is 0.368 e. The molecule has 0 spiro atoms. The van der Waals surface area contributed by atoms with Gasteiger partial charge in [0.25, 0.3) is 5.91 Å². The zero-order valence-electron chi connectivity index (χ0n) is 17.0. The number of fused-ring (bicyclic) bond motifs is 1. The number of primary amides is 1. The van der Waals surface area contributed by atoms with Gasteiger partial charge in [-0.1, -0.05) is 60.7 Å². The third-order valence-electron chi connectivity index (χ3n) is 5.36. The lowest BCUT2D eigenvalue weighted by Crippen LogP contribution is -2.39. The van der Waals surface area contributed by atoms with Gasteiger partial charge in [-0.2, -0.15) is 0 Å². The predicted molar refractivity (Wildman–Crippen MR) is 118 cm³/mol. The second kappa shape index (κ2) is 8.44. The summed E-state index contributed by atoms with van der Waals surface area (Å²) in [6, 6.07) is 22.0. The summed E-state index contributed by atoms with van der Waals surface area (Å²) in [6.07, 6.45) is 1.79. The number of likely N-dealkylation sites (N-methyl/N-ethyl adjacent to an activating group) is 1. The maximum atomic E-state index is 13.7. The number of halogens is 1. The molecule has 0 aliphatic heterocycles. The average Bonchev–Trinajstić information content (AvgIpc) is 3.12. The van der Waals surface area contributed by atoms with Crippen LogP contribution in [-0.2, 0) is 11.3 Å². The van der Waals surface area contributed by atoms with Crippen molar-refractivity contribution in [1.29, 1.82) is 0 Å². The molecule has 1 atom stereocenters. The van der Waals surface area contributed by atoms with Gasteiger partial charge in [0.15, 0.2) is 0 Å². The van der Waals surface area contributed by atoms with E-state index in [-0.39, 0.29) is 5.91 Å². The summed E-state index contributed by atoms with van der Waals surface area (Å²) in [4.78, 5) is 26.9. The Balaban J connectivity index is 1.73. The lowest BCUT2D eigenvalue weighted by atomic mass is 10.0. The first-order valence-electron chi connectivity index (χ1n) is 9.89. The number of benzene rings is 3. The minimum Gasteiger partial charge on any atom is -0.368 e. The fourth-order valence-electron chi connectivity index (χ4n) is 3.89. The van der Waals surface area contributed by atoms with Gasteiger partial charge >= 0.3 is 0 Å². The molecule has 0 saturated carbocycles. The molecule has 5 nitrogen and oxygen atoms in total. The van der Waals surface area contributed by atoms with Gasteiger partial charge in [0.05, 0.1) is 5.56 Å². The van der Waals surface area contributed by atoms with Crippen LogP contribution in [0.2, 0.25) is 0 Å². The van der Waals surface area contributed by atoms with Crippen LogP contribution in [0.1, 0.15) is 27.5 Å². The van der Waals surface area contributed by atoms with Crippen molar-refractivity contribution in [2.24, 2.45) is 5.73 Å². The molecule has 4 aromatic rings. The monoisotopic (exact) mass is 415 g/mol. The smallest absolute Gasteiger partial charge is 0.256 e. The van der Waals surface area contributed by atoms with E-state index in [4.69, 9.17) is 5.73 Å². The van der Waals surface area contributed by atoms with E-state index in [1.165, 1.54) is 30.1 Å². The number of carbonyl (C=O) groups is 2. The van der Waals surface area contributed by atoms with E-state index in [2.05, 4.69) is 0 Å². The van der Waals surface area contributed by atoms with Gasteiger partial charge in [-0.3, -0.25) is 9.59 Å².